The van der Waals surface area contributed by atoms with Gasteiger partial charge in [0.05, 0.1) is 4.90 Å². The standard InChI is InChI=1S/C25H33N3O3S/c1-20-8-7-13-27(18-20)19-23-10-3-2-9-22(23)17-26-25(29)21-11-6-12-24(16-21)32(30,31)28-14-4-5-15-28/h2-3,6,9-12,16,20H,4-5,7-8,13-15,17-19H2,1H3,(H,26,29). The third-order valence-electron chi connectivity index (χ3n) is 6.49. The minimum atomic E-state index is -3.54. The van der Waals surface area contributed by atoms with Crippen molar-refractivity contribution >= 4 is 15.9 Å². The lowest BCUT2D eigenvalue weighted by atomic mass is 9.99. The van der Waals surface area contributed by atoms with Gasteiger partial charge in [0, 0.05) is 38.3 Å². The summed E-state index contributed by atoms with van der Waals surface area (Å²) in [5, 5.41) is 2.98. The quantitative estimate of drug-likeness (QED) is 0.692. The molecule has 2 saturated heterocycles. The number of carbonyl (C=O) groups excluding carboxylic acids is 1. The minimum absolute atomic E-state index is 0.187. The van der Waals surface area contributed by atoms with Crippen LogP contribution in [0.2, 0.25) is 0 Å². The smallest absolute Gasteiger partial charge is 0.251 e. The van der Waals surface area contributed by atoms with Crippen LogP contribution >= 0.6 is 0 Å². The van der Waals surface area contributed by atoms with Crippen LogP contribution in [0.5, 0.6) is 0 Å². The van der Waals surface area contributed by atoms with Gasteiger partial charge in [0.15, 0.2) is 0 Å². The number of rotatable bonds is 7. The molecule has 32 heavy (non-hydrogen) atoms. The number of nitrogens with one attached hydrogen (secondary N) is 1. The van der Waals surface area contributed by atoms with E-state index in [-0.39, 0.29) is 10.8 Å². The van der Waals surface area contributed by atoms with Crippen molar-refractivity contribution in [1.29, 1.82) is 0 Å². The molecule has 2 aliphatic rings. The first-order chi connectivity index (χ1) is 15.4. The Bertz CT molecular complexity index is 1050. The summed E-state index contributed by atoms with van der Waals surface area (Å²) in [7, 11) is -3.54. The highest BCUT2D eigenvalue weighted by atomic mass is 32.2. The van der Waals surface area contributed by atoms with Crippen LogP contribution in [-0.2, 0) is 23.1 Å². The summed E-state index contributed by atoms with van der Waals surface area (Å²) in [5.74, 6) is 0.463. The molecule has 2 heterocycles. The fourth-order valence-corrected chi connectivity index (χ4v) is 6.27. The second-order valence-electron chi connectivity index (χ2n) is 9.07. The Morgan fingerprint density at radius 3 is 2.50 bits per heavy atom. The summed E-state index contributed by atoms with van der Waals surface area (Å²) in [6.07, 6.45) is 4.29. The van der Waals surface area contributed by atoms with E-state index in [9.17, 15) is 13.2 Å². The van der Waals surface area contributed by atoms with E-state index in [0.29, 0.717) is 25.2 Å². The van der Waals surface area contributed by atoms with Crippen LogP contribution in [0.4, 0.5) is 0 Å². The maximum atomic E-state index is 12.8. The van der Waals surface area contributed by atoms with Gasteiger partial charge < -0.3 is 5.32 Å². The van der Waals surface area contributed by atoms with Crippen molar-refractivity contribution in [2.24, 2.45) is 5.92 Å². The predicted octanol–water partition coefficient (Wildman–Crippen LogP) is 3.63. The molecule has 2 aromatic rings. The summed E-state index contributed by atoms with van der Waals surface area (Å²) in [6.45, 7) is 6.93. The normalized spacial score (nSPS) is 20.3. The molecule has 2 aliphatic heterocycles. The monoisotopic (exact) mass is 455 g/mol. The first-order valence-corrected chi connectivity index (χ1v) is 13.0. The number of hydrogen-bond donors (Lipinski definition) is 1. The number of nitrogens with zero attached hydrogens (tertiary/aromatic N) is 2. The molecule has 0 bridgehead atoms. The molecule has 2 fully saturated rings. The minimum Gasteiger partial charge on any atom is -0.348 e. The van der Waals surface area contributed by atoms with Crippen molar-refractivity contribution in [1.82, 2.24) is 14.5 Å². The fourth-order valence-electron chi connectivity index (χ4n) is 4.71. The summed E-state index contributed by atoms with van der Waals surface area (Å²) in [4.78, 5) is 15.5. The number of piperidine rings is 1. The highest BCUT2D eigenvalue weighted by Crippen LogP contribution is 2.22. The van der Waals surface area contributed by atoms with Gasteiger partial charge in [-0.05, 0) is 67.5 Å². The van der Waals surface area contributed by atoms with Crippen LogP contribution in [0.15, 0.2) is 53.4 Å². The first kappa shape index (κ1) is 23.0. The van der Waals surface area contributed by atoms with E-state index in [2.05, 4.69) is 29.3 Å². The highest BCUT2D eigenvalue weighted by molar-refractivity contribution is 7.89. The second kappa shape index (κ2) is 10.1. The molecule has 0 radical (unpaired) electrons. The zero-order chi connectivity index (χ0) is 22.6. The molecule has 0 aromatic heterocycles. The second-order valence-corrected chi connectivity index (χ2v) is 11.0. The van der Waals surface area contributed by atoms with Gasteiger partial charge in [0.2, 0.25) is 10.0 Å². The number of likely N-dealkylation sites (tertiary alicyclic amines) is 1. The molecule has 0 saturated carbocycles. The van der Waals surface area contributed by atoms with Crippen molar-refractivity contribution < 1.29 is 13.2 Å². The van der Waals surface area contributed by atoms with E-state index in [1.54, 1.807) is 18.2 Å². The van der Waals surface area contributed by atoms with Crippen molar-refractivity contribution in [3.05, 3.63) is 65.2 Å². The summed E-state index contributed by atoms with van der Waals surface area (Å²) >= 11 is 0. The summed E-state index contributed by atoms with van der Waals surface area (Å²) in [5.41, 5.74) is 2.69. The molecule has 7 heteroatoms. The lowest BCUT2D eigenvalue weighted by Gasteiger charge is -2.31. The van der Waals surface area contributed by atoms with Crippen molar-refractivity contribution in [3.8, 4) is 0 Å². The van der Waals surface area contributed by atoms with Gasteiger partial charge in [0.1, 0.15) is 0 Å². The number of benzene rings is 2. The molecule has 1 unspecified atom stereocenters. The Morgan fingerprint density at radius 2 is 1.75 bits per heavy atom. The molecular formula is C25H33N3O3S. The lowest BCUT2D eigenvalue weighted by molar-refractivity contribution is 0.0950. The Kier molecular flexibility index (Phi) is 7.28. The Hall–Kier alpha value is -2.22. The van der Waals surface area contributed by atoms with Gasteiger partial charge >= 0.3 is 0 Å². The topological polar surface area (TPSA) is 69.7 Å². The summed E-state index contributed by atoms with van der Waals surface area (Å²) in [6, 6.07) is 14.6. The molecular weight excluding hydrogens is 422 g/mol. The predicted molar refractivity (Wildman–Crippen MR) is 126 cm³/mol. The zero-order valence-corrected chi connectivity index (χ0v) is 19.6. The average molecular weight is 456 g/mol. The average Bonchev–Trinajstić information content (AvgIpc) is 3.34. The number of amides is 1. The van der Waals surface area contributed by atoms with E-state index >= 15 is 0 Å². The molecule has 1 amide bonds. The first-order valence-electron chi connectivity index (χ1n) is 11.6. The SMILES string of the molecule is CC1CCCN(Cc2ccccc2CNC(=O)c2cccc(S(=O)(=O)N3CCCC3)c2)C1. The molecule has 1 N–H and O–H groups in total. The zero-order valence-electron chi connectivity index (χ0n) is 18.8. The molecule has 2 aromatic carbocycles. The van der Waals surface area contributed by atoms with Crippen LogP contribution in [0, 0.1) is 5.92 Å². The Labute approximate surface area is 191 Å². The number of sulfonamides is 1. The van der Waals surface area contributed by atoms with E-state index in [0.717, 1.165) is 44.0 Å². The molecule has 172 valence electrons. The van der Waals surface area contributed by atoms with Crippen LogP contribution < -0.4 is 5.32 Å². The van der Waals surface area contributed by atoms with Gasteiger partial charge in [-0.1, -0.05) is 37.3 Å². The van der Waals surface area contributed by atoms with Crippen LogP contribution in [0.25, 0.3) is 0 Å². The number of hydrogen-bond acceptors (Lipinski definition) is 4. The molecule has 0 aliphatic carbocycles. The Balaban J connectivity index is 1.42. The van der Waals surface area contributed by atoms with E-state index in [1.807, 2.05) is 12.1 Å². The van der Waals surface area contributed by atoms with E-state index < -0.39 is 10.0 Å². The third-order valence-corrected chi connectivity index (χ3v) is 8.39. The van der Waals surface area contributed by atoms with E-state index in [4.69, 9.17) is 0 Å². The van der Waals surface area contributed by atoms with Crippen molar-refractivity contribution in [2.45, 2.75) is 50.6 Å². The van der Waals surface area contributed by atoms with E-state index in [1.165, 1.54) is 28.8 Å². The number of carbonyl (C=O) groups is 1. The fraction of sp³-hybridized carbons (Fsp3) is 0.480. The Morgan fingerprint density at radius 1 is 1.00 bits per heavy atom. The molecule has 6 nitrogen and oxygen atoms in total. The summed E-state index contributed by atoms with van der Waals surface area (Å²) < 4.78 is 27.2. The van der Waals surface area contributed by atoms with Crippen LogP contribution in [-0.4, -0.2) is 49.7 Å². The van der Waals surface area contributed by atoms with Gasteiger partial charge in [-0.15, -0.1) is 0 Å². The van der Waals surface area contributed by atoms with Crippen LogP contribution in [0.1, 0.15) is 54.1 Å². The largest absolute Gasteiger partial charge is 0.348 e. The van der Waals surface area contributed by atoms with Crippen LogP contribution in [0.3, 0.4) is 0 Å². The van der Waals surface area contributed by atoms with Gasteiger partial charge in [-0.2, -0.15) is 4.31 Å². The molecule has 0 spiro atoms. The van der Waals surface area contributed by atoms with Crippen molar-refractivity contribution in [3.63, 3.8) is 0 Å². The van der Waals surface area contributed by atoms with Gasteiger partial charge in [-0.25, -0.2) is 8.42 Å². The highest BCUT2D eigenvalue weighted by Gasteiger charge is 2.27. The maximum Gasteiger partial charge on any atom is 0.251 e. The van der Waals surface area contributed by atoms with Crippen molar-refractivity contribution in [2.75, 3.05) is 26.2 Å². The van der Waals surface area contributed by atoms with Gasteiger partial charge in [-0.3, -0.25) is 9.69 Å². The molecule has 1 atom stereocenters. The third kappa shape index (κ3) is 5.39. The molecule has 4 rings (SSSR count). The lowest BCUT2D eigenvalue weighted by Crippen LogP contribution is -2.34. The van der Waals surface area contributed by atoms with Gasteiger partial charge in [0.25, 0.3) is 5.91 Å². The maximum absolute atomic E-state index is 12.8.